The predicted octanol–water partition coefficient (Wildman–Crippen LogP) is 0.923. The Bertz CT molecular complexity index is 241. The number of nitrogens with zero attached hydrogens (tertiary/aromatic N) is 2. The van der Waals surface area contributed by atoms with Crippen molar-refractivity contribution in [3.05, 3.63) is 0 Å². The second-order valence-electron chi connectivity index (χ2n) is 5.02. The van der Waals surface area contributed by atoms with Gasteiger partial charge in [-0.05, 0) is 20.3 Å². The van der Waals surface area contributed by atoms with E-state index in [0.29, 0.717) is 32.0 Å². The van der Waals surface area contributed by atoms with Gasteiger partial charge in [-0.15, -0.1) is 0 Å². The highest BCUT2D eigenvalue weighted by molar-refractivity contribution is 6.08. The summed E-state index contributed by atoms with van der Waals surface area (Å²) in [5.41, 5.74) is 0. The van der Waals surface area contributed by atoms with E-state index in [1.807, 2.05) is 4.90 Å². The molecule has 18 heavy (non-hydrogen) atoms. The molecule has 1 fully saturated rings. The van der Waals surface area contributed by atoms with Gasteiger partial charge in [0.1, 0.15) is 0 Å². The number of amides is 1. The molecule has 1 aliphatic heterocycles. The van der Waals surface area contributed by atoms with Gasteiger partial charge in [0.15, 0.2) is 0 Å². The summed E-state index contributed by atoms with van der Waals surface area (Å²) in [4.78, 5) is 16.3. The minimum atomic E-state index is 0.259. The highest BCUT2D eigenvalue weighted by atomic mass is 16.5. The van der Waals surface area contributed by atoms with Crippen LogP contribution in [0.3, 0.4) is 0 Å². The molecule has 0 aromatic carbocycles. The van der Waals surface area contributed by atoms with E-state index in [-0.39, 0.29) is 5.91 Å². The molecule has 4 nitrogen and oxygen atoms in total. The van der Waals surface area contributed by atoms with Crippen LogP contribution in [0.15, 0.2) is 0 Å². The van der Waals surface area contributed by atoms with Gasteiger partial charge < -0.3 is 9.64 Å². The minimum absolute atomic E-state index is 0.259. The molecule has 0 aromatic rings. The molecule has 1 aliphatic rings. The second-order valence-corrected chi connectivity index (χ2v) is 5.02. The number of rotatable bonds is 7. The average Bonchev–Trinajstić information content (AvgIpc) is 2.38. The molecular weight excluding hydrogens is 227 g/mol. The Morgan fingerprint density at radius 3 is 2.44 bits per heavy atom. The van der Waals surface area contributed by atoms with E-state index in [2.05, 4.69) is 18.7 Å². The maximum atomic E-state index is 11.9. The molecule has 1 saturated heterocycles. The fraction of sp³-hybridized carbons (Fsp3) is 0.923. The standard InChI is InChI=1S/C13H25BN2O2/c1-12(2)15-6-8-16(9-7-15)13(17)4-3-10-18-11-5-14/h12H,3-11H2,1-2H3. The molecule has 0 spiro atoms. The summed E-state index contributed by atoms with van der Waals surface area (Å²) >= 11 is 0. The molecule has 0 bridgehead atoms. The number of carbonyl (C=O) groups excluding carboxylic acids is 1. The van der Waals surface area contributed by atoms with Gasteiger partial charge in [-0.3, -0.25) is 9.69 Å². The van der Waals surface area contributed by atoms with Gasteiger partial charge in [-0.1, -0.05) is 6.32 Å². The first-order valence-electron chi connectivity index (χ1n) is 6.94. The van der Waals surface area contributed by atoms with Crippen molar-refractivity contribution in [2.45, 2.75) is 39.1 Å². The molecule has 1 rings (SSSR count). The van der Waals surface area contributed by atoms with Gasteiger partial charge in [-0.2, -0.15) is 0 Å². The van der Waals surface area contributed by atoms with E-state index in [0.717, 1.165) is 32.6 Å². The third kappa shape index (κ3) is 5.40. The lowest BCUT2D eigenvalue weighted by Gasteiger charge is -2.37. The quantitative estimate of drug-likeness (QED) is 0.499. The fourth-order valence-corrected chi connectivity index (χ4v) is 2.16. The van der Waals surface area contributed by atoms with E-state index >= 15 is 0 Å². The van der Waals surface area contributed by atoms with Crippen LogP contribution in [-0.4, -0.2) is 69.0 Å². The summed E-state index contributed by atoms with van der Waals surface area (Å²) in [7, 11) is 5.32. The van der Waals surface area contributed by atoms with Gasteiger partial charge in [0, 0.05) is 51.9 Å². The molecule has 1 heterocycles. The van der Waals surface area contributed by atoms with Crippen molar-refractivity contribution < 1.29 is 9.53 Å². The molecule has 0 aromatic heterocycles. The Labute approximate surface area is 112 Å². The maximum absolute atomic E-state index is 11.9. The van der Waals surface area contributed by atoms with E-state index in [4.69, 9.17) is 12.6 Å². The van der Waals surface area contributed by atoms with Crippen molar-refractivity contribution in [1.82, 2.24) is 9.80 Å². The lowest BCUT2D eigenvalue weighted by molar-refractivity contribution is -0.133. The van der Waals surface area contributed by atoms with Crippen molar-refractivity contribution in [3.63, 3.8) is 0 Å². The normalized spacial score (nSPS) is 17.4. The number of hydrogen-bond acceptors (Lipinski definition) is 3. The van der Waals surface area contributed by atoms with E-state index < -0.39 is 0 Å². The van der Waals surface area contributed by atoms with Crippen LogP contribution in [0.25, 0.3) is 0 Å². The maximum Gasteiger partial charge on any atom is 0.222 e. The van der Waals surface area contributed by atoms with E-state index in [9.17, 15) is 4.79 Å². The molecular formula is C13H25BN2O2. The van der Waals surface area contributed by atoms with Crippen molar-refractivity contribution in [1.29, 1.82) is 0 Å². The summed E-state index contributed by atoms with van der Waals surface area (Å²) < 4.78 is 5.27. The smallest absolute Gasteiger partial charge is 0.222 e. The van der Waals surface area contributed by atoms with Gasteiger partial charge in [0.05, 0.1) is 7.85 Å². The first kappa shape index (κ1) is 15.5. The Morgan fingerprint density at radius 1 is 1.22 bits per heavy atom. The van der Waals surface area contributed by atoms with Crippen molar-refractivity contribution in [2.24, 2.45) is 0 Å². The van der Waals surface area contributed by atoms with Crippen LogP contribution in [0.2, 0.25) is 6.32 Å². The zero-order chi connectivity index (χ0) is 13.4. The van der Waals surface area contributed by atoms with Crippen LogP contribution in [0.1, 0.15) is 26.7 Å². The molecule has 0 saturated carbocycles. The molecule has 0 atom stereocenters. The summed E-state index contributed by atoms with van der Waals surface area (Å²) in [5.74, 6) is 0.259. The van der Waals surface area contributed by atoms with Gasteiger partial charge in [0.2, 0.25) is 5.91 Å². The summed E-state index contributed by atoms with van der Waals surface area (Å²) in [6.45, 7) is 9.33. The highest BCUT2D eigenvalue weighted by Crippen LogP contribution is 2.08. The fourth-order valence-electron chi connectivity index (χ4n) is 2.16. The molecule has 5 heteroatoms. The van der Waals surface area contributed by atoms with Crippen LogP contribution >= 0.6 is 0 Å². The molecule has 0 aliphatic carbocycles. The van der Waals surface area contributed by atoms with Crippen LogP contribution in [0.5, 0.6) is 0 Å². The molecule has 2 radical (unpaired) electrons. The van der Waals surface area contributed by atoms with Gasteiger partial charge in [0.25, 0.3) is 0 Å². The zero-order valence-corrected chi connectivity index (χ0v) is 11.7. The zero-order valence-electron chi connectivity index (χ0n) is 11.7. The molecule has 0 N–H and O–H groups in total. The van der Waals surface area contributed by atoms with Crippen molar-refractivity contribution >= 4 is 13.8 Å². The molecule has 0 unspecified atom stereocenters. The van der Waals surface area contributed by atoms with Crippen LogP contribution in [0, 0.1) is 0 Å². The topological polar surface area (TPSA) is 32.8 Å². The SMILES string of the molecule is [B]CCOCCCC(=O)N1CCN(C(C)C)CC1. The van der Waals surface area contributed by atoms with Crippen LogP contribution < -0.4 is 0 Å². The lowest BCUT2D eigenvalue weighted by Crippen LogP contribution is -2.50. The Hall–Kier alpha value is -0.545. The third-order valence-electron chi connectivity index (χ3n) is 3.34. The summed E-state index contributed by atoms with van der Waals surface area (Å²) in [6, 6.07) is 0.576. The van der Waals surface area contributed by atoms with Crippen LogP contribution in [-0.2, 0) is 9.53 Å². The van der Waals surface area contributed by atoms with E-state index in [1.54, 1.807) is 0 Å². The largest absolute Gasteiger partial charge is 0.382 e. The Kier molecular flexibility index (Phi) is 7.36. The van der Waals surface area contributed by atoms with Crippen molar-refractivity contribution in [2.75, 3.05) is 39.4 Å². The summed E-state index contributed by atoms with van der Waals surface area (Å²) in [5, 5.41) is 0. The highest BCUT2D eigenvalue weighted by Gasteiger charge is 2.21. The Morgan fingerprint density at radius 2 is 1.89 bits per heavy atom. The van der Waals surface area contributed by atoms with Crippen LogP contribution in [0.4, 0.5) is 0 Å². The predicted molar refractivity (Wildman–Crippen MR) is 73.9 cm³/mol. The van der Waals surface area contributed by atoms with E-state index in [1.165, 1.54) is 0 Å². The van der Waals surface area contributed by atoms with Crippen molar-refractivity contribution in [3.8, 4) is 0 Å². The Balaban J connectivity index is 2.12. The average molecular weight is 252 g/mol. The number of hydrogen-bond donors (Lipinski definition) is 0. The lowest BCUT2D eigenvalue weighted by atomic mass is 10.1. The van der Waals surface area contributed by atoms with Gasteiger partial charge >= 0.3 is 0 Å². The summed E-state index contributed by atoms with van der Waals surface area (Å²) in [6.07, 6.45) is 1.93. The number of piperazine rings is 1. The first-order valence-corrected chi connectivity index (χ1v) is 6.94. The monoisotopic (exact) mass is 252 g/mol. The number of carbonyl (C=O) groups is 1. The molecule has 1 amide bonds. The first-order chi connectivity index (χ1) is 8.65. The third-order valence-corrected chi connectivity index (χ3v) is 3.34. The molecule has 102 valence electrons. The van der Waals surface area contributed by atoms with Gasteiger partial charge in [-0.25, -0.2) is 0 Å². The number of ether oxygens (including phenoxy) is 1. The second kappa shape index (κ2) is 8.54. The minimum Gasteiger partial charge on any atom is -0.382 e.